The summed E-state index contributed by atoms with van der Waals surface area (Å²) in [4.78, 5) is 12.8. The zero-order valence-electron chi connectivity index (χ0n) is 19.6. The van der Waals surface area contributed by atoms with E-state index in [1.807, 2.05) is 72.8 Å². The fraction of sp³-hybridized carbons (Fsp3) is 0.107. The van der Waals surface area contributed by atoms with E-state index >= 15 is 0 Å². The minimum Gasteiger partial charge on any atom is -0.347 e. The zero-order valence-corrected chi connectivity index (χ0v) is 24.7. The Morgan fingerprint density at radius 2 is 0.917 bits per heavy atom. The number of benzene rings is 4. The quantitative estimate of drug-likeness (QED) is 0.173. The molecule has 4 rings (SSSR count). The minimum atomic E-state index is -2.09. The highest BCUT2D eigenvalue weighted by molar-refractivity contribution is 8.75. The van der Waals surface area contributed by atoms with Crippen molar-refractivity contribution in [3.63, 3.8) is 0 Å². The molecule has 0 radical (unpaired) electrons. The van der Waals surface area contributed by atoms with Gasteiger partial charge in [-0.25, -0.2) is 0 Å². The molecule has 0 spiro atoms. The van der Waals surface area contributed by atoms with Gasteiger partial charge >= 0.3 is 0 Å². The molecule has 2 nitrogen and oxygen atoms in total. The zero-order chi connectivity index (χ0) is 25.3. The SMILES string of the molecule is O=C(CCSP(=S)(c1ccccc1)c1ccccc1)NCSP(=S)(c1ccccc1)c1ccccc1. The Morgan fingerprint density at radius 1 is 0.583 bits per heavy atom. The van der Waals surface area contributed by atoms with E-state index in [0.717, 1.165) is 10.6 Å². The highest BCUT2D eigenvalue weighted by Gasteiger charge is 2.24. The van der Waals surface area contributed by atoms with Crippen LogP contribution in [0.4, 0.5) is 0 Å². The van der Waals surface area contributed by atoms with E-state index in [2.05, 4.69) is 53.8 Å². The molecule has 0 aliphatic heterocycles. The first-order chi connectivity index (χ1) is 17.5. The largest absolute Gasteiger partial charge is 0.347 e. The predicted octanol–water partition coefficient (Wildman–Crippen LogP) is 6.01. The lowest BCUT2D eigenvalue weighted by atomic mass is 10.4. The molecule has 0 bridgehead atoms. The van der Waals surface area contributed by atoms with Crippen molar-refractivity contribution in [1.29, 1.82) is 0 Å². The molecule has 0 heterocycles. The molecule has 0 atom stereocenters. The molecule has 4 aromatic rings. The number of nitrogens with one attached hydrogen (secondary N) is 1. The summed E-state index contributed by atoms with van der Waals surface area (Å²) in [7, 11) is 0. The van der Waals surface area contributed by atoms with Crippen LogP contribution in [0.2, 0.25) is 0 Å². The van der Waals surface area contributed by atoms with Crippen LogP contribution in [0, 0.1) is 0 Å². The summed E-state index contributed by atoms with van der Waals surface area (Å²) >= 11 is 15.9. The Kier molecular flexibility index (Phi) is 10.1. The van der Waals surface area contributed by atoms with Gasteiger partial charge in [0.25, 0.3) is 0 Å². The maximum Gasteiger partial charge on any atom is 0.221 e. The second-order valence-corrected chi connectivity index (χ2v) is 22.9. The van der Waals surface area contributed by atoms with Gasteiger partial charge in [-0.1, -0.05) is 156 Å². The summed E-state index contributed by atoms with van der Waals surface area (Å²) in [5, 5.41) is 3.56. The number of rotatable bonds is 11. The van der Waals surface area contributed by atoms with Crippen LogP contribution in [0.5, 0.6) is 0 Å². The van der Waals surface area contributed by atoms with E-state index < -0.39 is 10.5 Å². The van der Waals surface area contributed by atoms with Crippen molar-refractivity contribution >= 4 is 84.0 Å². The summed E-state index contributed by atoms with van der Waals surface area (Å²) in [6.45, 7) is 0. The predicted molar refractivity (Wildman–Crippen MR) is 171 cm³/mol. The third kappa shape index (κ3) is 6.81. The first-order valence-corrected chi connectivity index (χ1v) is 20.3. The summed E-state index contributed by atoms with van der Waals surface area (Å²) < 4.78 is 0. The van der Waals surface area contributed by atoms with Gasteiger partial charge in [-0.2, -0.15) is 0 Å². The van der Waals surface area contributed by atoms with Crippen molar-refractivity contribution in [3.8, 4) is 0 Å². The fourth-order valence-electron chi connectivity index (χ4n) is 3.65. The van der Waals surface area contributed by atoms with Crippen molar-refractivity contribution < 1.29 is 4.79 Å². The first kappa shape index (κ1) is 27.4. The molecule has 0 saturated carbocycles. The number of hydrogen-bond donors (Lipinski definition) is 1. The highest BCUT2D eigenvalue weighted by Crippen LogP contribution is 2.57. The molecular formula is C28H27NOP2S4. The van der Waals surface area contributed by atoms with Gasteiger partial charge in [-0.15, -0.1) is 11.4 Å². The molecule has 0 aliphatic rings. The van der Waals surface area contributed by atoms with Gasteiger partial charge in [0.15, 0.2) is 0 Å². The lowest BCUT2D eigenvalue weighted by molar-refractivity contribution is -0.120. The lowest BCUT2D eigenvalue weighted by Gasteiger charge is -2.23. The summed E-state index contributed by atoms with van der Waals surface area (Å²) in [6, 6.07) is 41.1. The Morgan fingerprint density at radius 3 is 1.28 bits per heavy atom. The molecule has 8 heteroatoms. The lowest BCUT2D eigenvalue weighted by Crippen LogP contribution is -2.24. The summed E-state index contributed by atoms with van der Waals surface area (Å²) in [5.41, 5.74) is 0. The van der Waals surface area contributed by atoms with Crippen LogP contribution in [0.1, 0.15) is 6.42 Å². The van der Waals surface area contributed by atoms with E-state index in [1.54, 1.807) is 22.8 Å². The van der Waals surface area contributed by atoms with Crippen LogP contribution in [0.15, 0.2) is 121 Å². The van der Waals surface area contributed by atoms with E-state index in [0.29, 0.717) is 18.1 Å². The van der Waals surface area contributed by atoms with Gasteiger partial charge < -0.3 is 5.32 Å². The van der Waals surface area contributed by atoms with Gasteiger partial charge in [0.05, 0.1) is 16.4 Å². The van der Waals surface area contributed by atoms with Crippen LogP contribution in [-0.2, 0) is 28.4 Å². The number of amides is 1. The summed E-state index contributed by atoms with van der Waals surface area (Å²) in [5.74, 6) is 1.18. The van der Waals surface area contributed by atoms with Crippen molar-refractivity contribution in [1.82, 2.24) is 5.32 Å². The van der Waals surface area contributed by atoms with Gasteiger partial charge in [0.2, 0.25) is 5.91 Å². The van der Waals surface area contributed by atoms with Gasteiger partial charge in [-0.3, -0.25) is 4.79 Å². The molecule has 0 fully saturated rings. The van der Waals surface area contributed by atoms with E-state index in [1.165, 1.54) is 10.6 Å². The fourth-order valence-corrected chi connectivity index (χ4v) is 15.7. The molecule has 0 unspecified atom stereocenters. The maximum atomic E-state index is 12.8. The van der Waals surface area contributed by atoms with E-state index in [9.17, 15) is 4.79 Å². The molecule has 0 saturated heterocycles. The van der Waals surface area contributed by atoms with Crippen LogP contribution in [-0.4, -0.2) is 17.5 Å². The Hall–Kier alpha value is -1.65. The van der Waals surface area contributed by atoms with Crippen LogP contribution in [0.3, 0.4) is 0 Å². The molecule has 0 aromatic heterocycles. The van der Waals surface area contributed by atoms with Crippen molar-refractivity contribution in [2.24, 2.45) is 0 Å². The first-order valence-electron chi connectivity index (χ1n) is 11.5. The van der Waals surface area contributed by atoms with E-state index in [4.69, 9.17) is 23.6 Å². The number of carbonyl (C=O) groups excluding carboxylic acids is 1. The summed E-state index contributed by atoms with van der Waals surface area (Å²) in [6.07, 6.45) is 0.419. The van der Waals surface area contributed by atoms with Crippen molar-refractivity contribution in [3.05, 3.63) is 121 Å². The third-order valence-electron chi connectivity index (χ3n) is 5.50. The highest BCUT2D eigenvalue weighted by atomic mass is 32.9. The van der Waals surface area contributed by atoms with Crippen LogP contribution >= 0.6 is 33.2 Å². The number of carbonyl (C=O) groups is 1. The van der Waals surface area contributed by atoms with Crippen molar-refractivity contribution in [2.45, 2.75) is 6.42 Å². The Balaban J connectivity index is 1.38. The normalized spacial score (nSPS) is 11.7. The Labute approximate surface area is 232 Å². The average Bonchev–Trinajstić information content (AvgIpc) is 2.95. The van der Waals surface area contributed by atoms with Gasteiger partial charge in [-0.05, 0) is 21.2 Å². The maximum absolute atomic E-state index is 12.8. The van der Waals surface area contributed by atoms with Crippen LogP contribution in [0.25, 0.3) is 0 Å². The Bertz CT molecular complexity index is 1160. The van der Waals surface area contributed by atoms with Crippen molar-refractivity contribution in [2.75, 3.05) is 11.6 Å². The van der Waals surface area contributed by atoms with Crippen LogP contribution < -0.4 is 26.5 Å². The minimum absolute atomic E-state index is 0.0281. The molecule has 0 aliphatic carbocycles. The van der Waals surface area contributed by atoms with E-state index in [-0.39, 0.29) is 5.91 Å². The van der Waals surface area contributed by atoms with Gasteiger partial charge in [0.1, 0.15) is 0 Å². The number of hydrogen-bond acceptors (Lipinski definition) is 5. The molecular weight excluding hydrogens is 557 g/mol. The van der Waals surface area contributed by atoms with Gasteiger partial charge in [0, 0.05) is 12.2 Å². The average molecular weight is 584 g/mol. The topological polar surface area (TPSA) is 29.1 Å². The smallest absolute Gasteiger partial charge is 0.221 e. The second kappa shape index (κ2) is 13.2. The molecule has 1 amide bonds. The standard InChI is InChI=1S/C28H27NOP2S4/c30-28(21-22-35-31(33,24-13-5-1-6-14-24)25-15-7-2-8-16-25)29-23-36-32(34,26-17-9-3-10-18-26)27-19-11-4-12-20-27/h1-20H,21-23H2,(H,29,30). The third-order valence-corrected chi connectivity index (χ3v) is 20.9. The monoisotopic (exact) mass is 583 g/mol. The molecule has 1 N–H and O–H groups in total. The molecule has 4 aromatic carbocycles. The molecule has 184 valence electrons. The molecule has 36 heavy (non-hydrogen) atoms. The second-order valence-electron chi connectivity index (χ2n) is 7.90.